The van der Waals surface area contributed by atoms with E-state index >= 15 is 0 Å². The van der Waals surface area contributed by atoms with Crippen molar-refractivity contribution in [3.8, 4) is 5.75 Å². The summed E-state index contributed by atoms with van der Waals surface area (Å²) in [5, 5.41) is 17.4. The van der Waals surface area contributed by atoms with Crippen LogP contribution in [-0.4, -0.2) is 5.11 Å². The van der Waals surface area contributed by atoms with Crippen LogP contribution in [0.5, 0.6) is 5.75 Å². The minimum atomic E-state index is 0.257. The van der Waals surface area contributed by atoms with Crippen LogP contribution < -0.4 is 5.32 Å². The summed E-state index contributed by atoms with van der Waals surface area (Å²) >= 11 is 1.75. The monoisotopic (exact) mass is 269 g/mol. The number of phenols is 1. The SMILES string of the molecule is CC(Nc1cccc2c(O)cccc12)c1cccs1. The van der Waals surface area contributed by atoms with Crippen LogP contribution in [-0.2, 0) is 0 Å². The lowest BCUT2D eigenvalue weighted by molar-refractivity contribution is 0.481. The van der Waals surface area contributed by atoms with Crippen LogP contribution in [0.4, 0.5) is 5.69 Å². The normalized spacial score (nSPS) is 12.5. The Morgan fingerprint density at radius 2 is 1.79 bits per heavy atom. The molecule has 1 heterocycles. The molecule has 0 saturated heterocycles. The van der Waals surface area contributed by atoms with Crippen LogP contribution >= 0.6 is 11.3 Å². The van der Waals surface area contributed by atoms with E-state index in [0.717, 1.165) is 16.5 Å². The lowest BCUT2D eigenvalue weighted by Crippen LogP contribution is -2.05. The Morgan fingerprint density at radius 3 is 2.58 bits per heavy atom. The summed E-state index contributed by atoms with van der Waals surface area (Å²) in [7, 11) is 0. The molecule has 3 heteroatoms. The molecular weight excluding hydrogens is 254 g/mol. The van der Waals surface area contributed by atoms with Gasteiger partial charge in [0.15, 0.2) is 0 Å². The molecule has 2 N–H and O–H groups in total. The van der Waals surface area contributed by atoms with E-state index < -0.39 is 0 Å². The van der Waals surface area contributed by atoms with Crippen molar-refractivity contribution in [1.82, 2.24) is 0 Å². The average molecular weight is 269 g/mol. The molecule has 1 atom stereocenters. The Balaban J connectivity index is 1.99. The summed E-state index contributed by atoms with van der Waals surface area (Å²) < 4.78 is 0. The predicted molar refractivity (Wildman–Crippen MR) is 82.0 cm³/mol. The molecule has 0 saturated carbocycles. The highest BCUT2D eigenvalue weighted by atomic mass is 32.1. The fraction of sp³-hybridized carbons (Fsp3) is 0.125. The number of hydrogen-bond donors (Lipinski definition) is 2. The van der Waals surface area contributed by atoms with E-state index in [1.165, 1.54) is 4.88 Å². The van der Waals surface area contributed by atoms with Gasteiger partial charge >= 0.3 is 0 Å². The van der Waals surface area contributed by atoms with Gasteiger partial charge in [0.2, 0.25) is 0 Å². The van der Waals surface area contributed by atoms with Gasteiger partial charge in [0.1, 0.15) is 5.75 Å². The molecule has 0 amide bonds. The molecule has 3 aromatic rings. The van der Waals surface area contributed by atoms with Crippen molar-refractivity contribution in [1.29, 1.82) is 0 Å². The maximum absolute atomic E-state index is 9.89. The van der Waals surface area contributed by atoms with Crippen molar-refractivity contribution < 1.29 is 5.11 Å². The second kappa shape index (κ2) is 4.94. The lowest BCUT2D eigenvalue weighted by Gasteiger charge is -2.16. The Bertz CT molecular complexity index is 691. The van der Waals surface area contributed by atoms with Gasteiger partial charge in [-0.1, -0.05) is 30.3 Å². The molecule has 0 spiro atoms. The van der Waals surface area contributed by atoms with Gasteiger partial charge < -0.3 is 10.4 Å². The minimum Gasteiger partial charge on any atom is -0.507 e. The minimum absolute atomic E-state index is 0.257. The highest BCUT2D eigenvalue weighted by Gasteiger charge is 2.09. The standard InChI is InChI=1S/C16H15NOS/c1-11(16-9-4-10-19-16)17-14-7-2-6-13-12(14)5-3-8-15(13)18/h2-11,17-18H,1H3. The molecule has 19 heavy (non-hydrogen) atoms. The fourth-order valence-electron chi connectivity index (χ4n) is 2.26. The third-order valence-electron chi connectivity index (χ3n) is 3.24. The molecule has 0 aliphatic carbocycles. The van der Waals surface area contributed by atoms with Gasteiger partial charge in [0.05, 0.1) is 6.04 Å². The third-order valence-corrected chi connectivity index (χ3v) is 4.30. The fourth-order valence-corrected chi connectivity index (χ4v) is 3.00. The number of thiophene rings is 1. The van der Waals surface area contributed by atoms with Crippen molar-refractivity contribution in [2.24, 2.45) is 0 Å². The van der Waals surface area contributed by atoms with Gasteiger partial charge in [-0.25, -0.2) is 0 Å². The van der Waals surface area contributed by atoms with Crippen molar-refractivity contribution in [2.75, 3.05) is 5.32 Å². The summed E-state index contributed by atoms with van der Waals surface area (Å²) in [5.74, 6) is 0.324. The van der Waals surface area contributed by atoms with Gasteiger partial charge in [-0.15, -0.1) is 11.3 Å². The van der Waals surface area contributed by atoms with Crippen LogP contribution in [0, 0.1) is 0 Å². The Hall–Kier alpha value is -2.00. The summed E-state index contributed by atoms with van der Waals surface area (Å²) in [6.07, 6.45) is 0. The second-order valence-corrected chi connectivity index (χ2v) is 5.54. The van der Waals surface area contributed by atoms with E-state index in [-0.39, 0.29) is 6.04 Å². The van der Waals surface area contributed by atoms with Gasteiger partial charge in [0, 0.05) is 21.3 Å². The number of rotatable bonds is 3. The largest absolute Gasteiger partial charge is 0.507 e. The van der Waals surface area contributed by atoms with Crippen molar-refractivity contribution in [3.05, 3.63) is 58.8 Å². The zero-order valence-corrected chi connectivity index (χ0v) is 11.4. The highest BCUT2D eigenvalue weighted by molar-refractivity contribution is 7.10. The molecule has 0 bridgehead atoms. The van der Waals surface area contributed by atoms with Gasteiger partial charge in [0.25, 0.3) is 0 Å². The molecule has 3 rings (SSSR count). The van der Waals surface area contributed by atoms with E-state index in [1.54, 1.807) is 17.4 Å². The first-order chi connectivity index (χ1) is 9.25. The van der Waals surface area contributed by atoms with E-state index in [0.29, 0.717) is 5.75 Å². The number of nitrogens with one attached hydrogen (secondary N) is 1. The summed E-state index contributed by atoms with van der Waals surface area (Å²) in [6.45, 7) is 2.15. The van der Waals surface area contributed by atoms with Crippen LogP contribution in [0.25, 0.3) is 10.8 Å². The molecule has 0 aliphatic heterocycles. The summed E-state index contributed by atoms with van der Waals surface area (Å²) in [5.41, 5.74) is 1.05. The number of aromatic hydroxyl groups is 1. The van der Waals surface area contributed by atoms with Gasteiger partial charge in [-0.2, -0.15) is 0 Å². The topological polar surface area (TPSA) is 32.3 Å². The third kappa shape index (κ3) is 2.29. The maximum atomic E-state index is 9.89. The first kappa shape index (κ1) is 12.1. The van der Waals surface area contributed by atoms with E-state index in [2.05, 4.69) is 29.8 Å². The first-order valence-electron chi connectivity index (χ1n) is 6.26. The maximum Gasteiger partial charge on any atom is 0.123 e. The molecular formula is C16H15NOS. The number of fused-ring (bicyclic) bond motifs is 1. The number of benzene rings is 2. The molecule has 2 aromatic carbocycles. The summed E-state index contributed by atoms with van der Waals surface area (Å²) in [6, 6.07) is 16.0. The molecule has 1 unspecified atom stereocenters. The van der Waals surface area contributed by atoms with Crippen LogP contribution in [0.15, 0.2) is 53.9 Å². The van der Waals surface area contributed by atoms with Crippen molar-refractivity contribution in [3.63, 3.8) is 0 Å². The Morgan fingerprint density at radius 1 is 1.00 bits per heavy atom. The zero-order chi connectivity index (χ0) is 13.2. The number of hydrogen-bond acceptors (Lipinski definition) is 3. The molecule has 0 aliphatic rings. The molecule has 96 valence electrons. The van der Waals surface area contributed by atoms with Gasteiger partial charge in [-0.05, 0) is 30.5 Å². The molecule has 0 fully saturated rings. The highest BCUT2D eigenvalue weighted by Crippen LogP contribution is 2.32. The quantitative estimate of drug-likeness (QED) is 0.717. The predicted octanol–water partition coefficient (Wildman–Crippen LogP) is 4.78. The van der Waals surface area contributed by atoms with Crippen molar-refractivity contribution in [2.45, 2.75) is 13.0 Å². The smallest absolute Gasteiger partial charge is 0.123 e. The van der Waals surface area contributed by atoms with Crippen LogP contribution in [0.1, 0.15) is 17.8 Å². The van der Waals surface area contributed by atoms with Crippen molar-refractivity contribution >= 4 is 27.8 Å². The number of phenolic OH excluding ortho intramolecular Hbond substituents is 1. The first-order valence-corrected chi connectivity index (χ1v) is 7.14. The average Bonchev–Trinajstić information content (AvgIpc) is 2.94. The Labute approximate surface area is 116 Å². The molecule has 1 aromatic heterocycles. The summed E-state index contributed by atoms with van der Waals surface area (Å²) in [4.78, 5) is 1.30. The van der Waals surface area contributed by atoms with Gasteiger partial charge in [-0.3, -0.25) is 0 Å². The number of anilines is 1. The zero-order valence-electron chi connectivity index (χ0n) is 10.6. The Kier molecular flexibility index (Phi) is 3.13. The lowest BCUT2D eigenvalue weighted by atomic mass is 10.1. The van der Waals surface area contributed by atoms with Crippen LogP contribution in [0.2, 0.25) is 0 Å². The van der Waals surface area contributed by atoms with E-state index in [4.69, 9.17) is 0 Å². The van der Waals surface area contributed by atoms with Crippen LogP contribution in [0.3, 0.4) is 0 Å². The van der Waals surface area contributed by atoms with E-state index in [9.17, 15) is 5.11 Å². The molecule has 2 nitrogen and oxygen atoms in total. The second-order valence-electron chi connectivity index (χ2n) is 4.56. The van der Waals surface area contributed by atoms with E-state index in [1.807, 2.05) is 30.3 Å². The molecule has 0 radical (unpaired) electrons.